The lowest BCUT2D eigenvalue weighted by Gasteiger charge is -2.30. The number of carboxylic acid groups (broad SMARTS) is 1. The second kappa shape index (κ2) is 4.65. The first-order chi connectivity index (χ1) is 9.65. The molecule has 2 heterocycles. The monoisotopic (exact) mass is 269 g/mol. The zero-order valence-electron chi connectivity index (χ0n) is 10.4. The van der Waals surface area contributed by atoms with Crippen LogP contribution in [0.3, 0.4) is 0 Å². The lowest BCUT2D eigenvalue weighted by atomic mass is 10.2. The molecule has 0 saturated carbocycles. The Labute approximate surface area is 114 Å². The number of fused-ring (bicyclic) bond motifs is 1. The normalized spacial score (nSPS) is 13.6. The third kappa shape index (κ3) is 2.07. The maximum absolute atomic E-state index is 11.7. The predicted octanol–water partition coefficient (Wildman–Crippen LogP) is 1.87. The summed E-state index contributed by atoms with van der Waals surface area (Å²) < 4.78 is 0. The van der Waals surface area contributed by atoms with Crippen LogP contribution in [0.5, 0.6) is 0 Å². The fraction of sp³-hybridized carbons (Fsp3) is 0.0714. The molecule has 0 bridgehead atoms. The van der Waals surface area contributed by atoms with E-state index in [0.29, 0.717) is 11.5 Å². The van der Waals surface area contributed by atoms with Gasteiger partial charge in [-0.15, -0.1) is 0 Å². The van der Waals surface area contributed by atoms with Crippen molar-refractivity contribution in [2.75, 3.05) is 16.8 Å². The molecular formula is C14H11N3O3. The van der Waals surface area contributed by atoms with E-state index in [2.05, 4.69) is 10.3 Å². The molecule has 1 aliphatic rings. The summed E-state index contributed by atoms with van der Waals surface area (Å²) in [6.45, 7) is 0.104. The highest BCUT2D eigenvalue weighted by molar-refractivity contribution is 6.03. The summed E-state index contributed by atoms with van der Waals surface area (Å²) in [4.78, 5) is 28.5. The van der Waals surface area contributed by atoms with Gasteiger partial charge in [0.05, 0.1) is 11.4 Å². The molecular weight excluding hydrogens is 258 g/mol. The number of hydrogen-bond donors (Lipinski definition) is 2. The zero-order valence-corrected chi connectivity index (χ0v) is 10.4. The minimum atomic E-state index is -1.10. The van der Waals surface area contributed by atoms with Crippen LogP contribution in [0.2, 0.25) is 0 Å². The lowest BCUT2D eigenvalue weighted by molar-refractivity contribution is -0.115. The van der Waals surface area contributed by atoms with Crippen molar-refractivity contribution in [3.63, 3.8) is 0 Å². The Morgan fingerprint density at radius 3 is 2.80 bits per heavy atom. The predicted molar refractivity (Wildman–Crippen MR) is 73.3 cm³/mol. The fourth-order valence-electron chi connectivity index (χ4n) is 2.13. The second-order valence-corrected chi connectivity index (χ2v) is 4.34. The lowest BCUT2D eigenvalue weighted by Crippen LogP contribution is -2.35. The Bertz CT molecular complexity index is 700. The van der Waals surface area contributed by atoms with Crippen molar-refractivity contribution in [2.45, 2.75) is 0 Å². The number of pyridine rings is 1. The number of carbonyl (C=O) groups excluding carboxylic acids is 1. The Morgan fingerprint density at radius 1 is 1.20 bits per heavy atom. The summed E-state index contributed by atoms with van der Waals surface area (Å²) in [5.41, 5.74) is 1.43. The van der Waals surface area contributed by atoms with E-state index in [4.69, 9.17) is 5.11 Å². The molecule has 0 spiro atoms. The van der Waals surface area contributed by atoms with Crippen LogP contribution in [-0.4, -0.2) is 28.5 Å². The van der Waals surface area contributed by atoms with E-state index in [1.54, 1.807) is 23.1 Å². The molecule has 6 heteroatoms. The topological polar surface area (TPSA) is 82.5 Å². The van der Waals surface area contributed by atoms with Crippen LogP contribution in [-0.2, 0) is 4.79 Å². The molecule has 1 aromatic carbocycles. The number of rotatable bonds is 2. The number of carboxylic acids is 1. The molecule has 1 amide bonds. The summed E-state index contributed by atoms with van der Waals surface area (Å²) in [5, 5.41) is 11.8. The number of aromatic carboxylic acids is 1. The number of hydrogen-bond acceptors (Lipinski definition) is 4. The van der Waals surface area contributed by atoms with E-state index in [1.165, 1.54) is 6.07 Å². The molecule has 1 aromatic heterocycles. The van der Waals surface area contributed by atoms with Crippen LogP contribution in [0.4, 0.5) is 17.2 Å². The number of nitrogens with one attached hydrogen (secondary N) is 1. The molecule has 0 fully saturated rings. The molecule has 20 heavy (non-hydrogen) atoms. The van der Waals surface area contributed by atoms with Gasteiger partial charge in [-0.1, -0.05) is 18.2 Å². The zero-order chi connectivity index (χ0) is 14.1. The van der Waals surface area contributed by atoms with E-state index >= 15 is 0 Å². The van der Waals surface area contributed by atoms with Crippen LogP contribution in [0.15, 0.2) is 42.5 Å². The Kier molecular flexibility index (Phi) is 2.83. The number of benzene rings is 1. The van der Waals surface area contributed by atoms with Gasteiger partial charge >= 0.3 is 5.97 Å². The third-order valence-corrected chi connectivity index (χ3v) is 3.00. The third-order valence-electron chi connectivity index (χ3n) is 3.00. The van der Waals surface area contributed by atoms with Crippen LogP contribution in [0.25, 0.3) is 0 Å². The van der Waals surface area contributed by atoms with Gasteiger partial charge in [-0.3, -0.25) is 4.79 Å². The molecule has 3 rings (SSSR count). The molecule has 0 unspecified atom stereocenters. The van der Waals surface area contributed by atoms with Gasteiger partial charge in [0.15, 0.2) is 5.69 Å². The Hall–Kier alpha value is -2.89. The highest BCUT2D eigenvalue weighted by Gasteiger charge is 2.24. The van der Waals surface area contributed by atoms with Crippen LogP contribution < -0.4 is 10.2 Å². The van der Waals surface area contributed by atoms with Gasteiger partial charge < -0.3 is 15.3 Å². The first kappa shape index (κ1) is 12.2. The fourth-order valence-corrected chi connectivity index (χ4v) is 2.13. The van der Waals surface area contributed by atoms with Gasteiger partial charge in [-0.25, -0.2) is 9.78 Å². The highest BCUT2D eigenvalue weighted by Crippen LogP contribution is 2.33. The summed E-state index contributed by atoms with van der Waals surface area (Å²) in [6, 6.07) is 12.0. The highest BCUT2D eigenvalue weighted by atomic mass is 16.4. The standard InChI is InChI=1S/C14H11N3O3/c18-13-8-17(11-6-2-1-4-9(11)16-13)12-7-3-5-10(15-12)14(19)20/h1-7H,8H2,(H,16,18)(H,19,20). The molecule has 100 valence electrons. The first-order valence-electron chi connectivity index (χ1n) is 6.02. The van der Waals surface area contributed by atoms with E-state index in [9.17, 15) is 9.59 Å². The van der Waals surface area contributed by atoms with E-state index < -0.39 is 5.97 Å². The molecule has 0 atom stereocenters. The molecule has 2 aromatic rings. The van der Waals surface area contributed by atoms with E-state index in [-0.39, 0.29) is 18.1 Å². The molecule has 0 radical (unpaired) electrons. The van der Waals surface area contributed by atoms with Crippen LogP contribution in [0.1, 0.15) is 10.5 Å². The number of nitrogens with zero attached hydrogens (tertiary/aromatic N) is 2. The molecule has 0 saturated heterocycles. The van der Waals surface area contributed by atoms with Crippen LogP contribution >= 0.6 is 0 Å². The Morgan fingerprint density at radius 2 is 2.00 bits per heavy atom. The van der Waals surface area contributed by atoms with E-state index in [0.717, 1.165) is 5.69 Å². The van der Waals surface area contributed by atoms with Crippen molar-refractivity contribution >= 4 is 29.1 Å². The van der Waals surface area contributed by atoms with Crippen LogP contribution in [0, 0.1) is 0 Å². The maximum Gasteiger partial charge on any atom is 0.354 e. The SMILES string of the molecule is O=C1CN(c2cccc(C(=O)O)n2)c2ccccc2N1. The quantitative estimate of drug-likeness (QED) is 0.869. The largest absolute Gasteiger partial charge is 0.477 e. The van der Waals surface area contributed by atoms with Gasteiger partial charge in [0.2, 0.25) is 5.91 Å². The molecule has 2 N–H and O–H groups in total. The second-order valence-electron chi connectivity index (χ2n) is 4.34. The van der Waals surface area contributed by atoms with Crippen molar-refractivity contribution in [3.8, 4) is 0 Å². The minimum absolute atomic E-state index is 0.0500. The summed E-state index contributed by atoms with van der Waals surface area (Å²) in [6.07, 6.45) is 0. The minimum Gasteiger partial charge on any atom is -0.477 e. The molecule has 0 aliphatic carbocycles. The van der Waals surface area contributed by atoms with Gasteiger partial charge in [0.25, 0.3) is 0 Å². The van der Waals surface area contributed by atoms with Crippen molar-refractivity contribution in [1.29, 1.82) is 0 Å². The van der Waals surface area contributed by atoms with Gasteiger partial charge in [0.1, 0.15) is 12.4 Å². The molecule has 6 nitrogen and oxygen atoms in total. The van der Waals surface area contributed by atoms with E-state index in [1.807, 2.05) is 18.2 Å². The smallest absolute Gasteiger partial charge is 0.354 e. The summed E-state index contributed by atoms with van der Waals surface area (Å²) >= 11 is 0. The molecule has 1 aliphatic heterocycles. The van der Waals surface area contributed by atoms with Crippen molar-refractivity contribution in [2.24, 2.45) is 0 Å². The van der Waals surface area contributed by atoms with Crippen molar-refractivity contribution < 1.29 is 14.7 Å². The average Bonchev–Trinajstić information content (AvgIpc) is 2.46. The number of anilines is 3. The number of para-hydroxylation sites is 2. The Balaban J connectivity index is 2.08. The average molecular weight is 269 g/mol. The summed E-state index contributed by atoms with van der Waals surface area (Å²) in [7, 11) is 0. The van der Waals surface area contributed by atoms with Gasteiger partial charge in [-0.05, 0) is 24.3 Å². The van der Waals surface area contributed by atoms with Crippen molar-refractivity contribution in [1.82, 2.24) is 4.98 Å². The number of carbonyl (C=O) groups is 2. The van der Waals surface area contributed by atoms with Gasteiger partial charge in [0, 0.05) is 0 Å². The number of aromatic nitrogens is 1. The van der Waals surface area contributed by atoms with Crippen molar-refractivity contribution in [3.05, 3.63) is 48.2 Å². The van der Waals surface area contributed by atoms with Gasteiger partial charge in [-0.2, -0.15) is 0 Å². The number of amides is 1. The maximum atomic E-state index is 11.7. The summed E-state index contributed by atoms with van der Waals surface area (Å²) in [5.74, 6) is -0.819. The first-order valence-corrected chi connectivity index (χ1v) is 6.02.